The second-order valence-corrected chi connectivity index (χ2v) is 10.0. The SMILES string of the molecule is Cc1cccc(C)c1NC(=O)C[NH+]1CC[NH+]([C@H](C)C(=O)N[C@@H]2CCC[C@H](C)[C@@H]2C)CC1. The van der Waals surface area contributed by atoms with Crippen LogP contribution in [-0.4, -0.2) is 56.6 Å². The molecular weight excluding hydrogens is 388 g/mol. The zero-order valence-corrected chi connectivity index (χ0v) is 20.0. The van der Waals surface area contributed by atoms with E-state index in [1.807, 2.05) is 32.0 Å². The number of amides is 2. The van der Waals surface area contributed by atoms with Gasteiger partial charge in [-0.2, -0.15) is 0 Å². The van der Waals surface area contributed by atoms with Crippen molar-refractivity contribution in [3.8, 4) is 0 Å². The van der Waals surface area contributed by atoms with Crippen LogP contribution < -0.4 is 20.4 Å². The number of piperazine rings is 1. The lowest BCUT2D eigenvalue weighted by Gasteiger charge is -2.36. The minimum atomic E-state index is -0.0329. The van der Waals surface area contributed by atoms with Gasteiger partial charge in [-0.3, -0.25) is 9.59 Å². The molecule has 4 N–H and O–H groups in total. The van der Waals surface area contributed by atoms with Gasteiger partial charge in [0, 0.05) is 11.7 Å². The van der Waals surface area contributed by atoms with Gasteiger partial charge in [0.15, 0.2) is 12.6 Å². The van der Waals surface area contributed by atoms with E-state index in [2.05, 4.69) is 31.4 Å². The van der Waals surface area contributed by atoms with Gasteiger partial charge in [-0.25, -0.2) is 0 Å². The first kappa shape index (κ1) is 23.7. The molecule has 1 aliphatic carbocycles. The highest BCUT2D eigenvalue weighted by Crippen LogP contribution is 2.29. The Hall–Kier alpha value is -1.92. The van der Waals surface area contributed by atoms with Gasteiger partial charge in [-0.1, -0.05) is 44.9 Å². The van der Waals surface area contributed by atoms with Crippen LogP contribution in [0.4, 0.5) is 5.69 Å². The maximum absolute atomic E-state index is 12.9. The van der Waals surface area contributed by atoms with Gasteiger partial charge in [0.1, 0.15) is 26.2 Å². The average Bonchev–Trinajstić information content (AvgIpc) is 2.74. The van der Waals surface area contributed by atoms with Crippen molar-refractivity contribution in [1.82, 2.24) is 5.32 Å². The topological polar surface area (TPSA) is 67.1 Å². The molecule has 3 rings (SSSR count). The summed E-state index contributed by atoms with van der Waals surface area (Å²) >= 11 is 0. The van der Waals surface area contributed by atoms with Gasteiger partial charge in [0.2, 0.25) is 0 Å². The summed E-state index contributed by atoms with van der Waals surface area (Å²) in [4.78, 5) is 28.1. The van der Waals surface area contributed by atoms with Crippen LogP contribution in [0.2, 0.25) is 0 Å². The van der Waals surface area contributed by atoms with E-state index >= 15 is 0 Å². The number of carbonyl (C=O) groups excluding carboxylic acids is 2. The number of rotatable bonds is 6. The highest BCUT2D eigenvalue weighted by Gasteiger charge is 2.35. The van der Waals surface area contributed by atoms with Gasteiger partial charge >= 0.3 is 0 Å². The Morgan fingerprint density at radius 2 is 1.71 bits per heavy atom. The summed E-state index contributed by atoms with van der Waals surface area (Å²) in [5.41, 5.74) is 3.13. The first-order chi connectivity index (χ1) is 14.8. The second kappa shape index (κ2) is 10.6. The zero-order valence-electron chi connectivity index (χ0n) is 20.0. The van der Waals surface area contributed by atoms with E-state index in [1.54, 1.807) is 0 Å². The van der Waals surface area contributed by atoms with Crippen LogP contribution in [0.1, 0.15) is 51.2 Å². The maximum atomic E-state index is 12.9. The predicted molar refractivity (Wildman–Crippen MR) is 124 cm³/mol. The fraction of sp³-hybridized carbons (Fsp3) is 0.680. The highest BCUT2D eigenvalue weighted by atomic mass is 16.2. The molecule has 1 saturated carbocycles. The summed E-state index contributed by atoms with van der Waals surface area (Å²) in [5, 5.41) is 6.45. The number of para-hydroxylation sites is 1. The van der Waals surface area contributed by atoms with Crippen molar-refractivity contribution in [2.75, 3.05) is 38.0 Å². The van der Waals surface area contributed by atoms with E-state index in [0.29, 0.717) is 24.4 Å². The van der Waals surface area contributed by atoms with Crippen LogP contribution in [-0.2, 0) is 9.59 Å². The summed E-state index contributed by atoms with van der Waals surface area (Å²) in [6, 6.07) is 6.35. The Kier molecular flexibility index (Phi) is 8.11. The number of benzene rings is 1. The zero-order chi connectivity index (χ0) is 22.5. The number of hydrogen-bond acceptors (Lipinski definition) is 2. The van der Waals surface area contributed by atoms with Crippen LogP contribution in [0.25, 0.3) is 0 Å². The molecule has 0 unspecified atom stereocenters. The molecule has 6 heteroatoms. The van der Waals surface area contributed by atoms with Gasteiger partial charge in [-0.05, 0) is 50.2 Å². The molecule has 0 aromatic heterocycles. The average molecular weight is 431 g/mol. The summed E-state index contributed by atoms with van der Waals surface area (Å²) < 4.78 is 0. The first-order valence-electron chi connectivity index (χ1n) is 12.1. The van der Waals surface area contributed by atoms with Gasteiger partial charge < -0.3 is 20.4 Å². The second-order valence-electron chi connectivity index (χ2n) is 10.0. The van der Waals surface area contributed by atoms with Gasteiger partial charge in [-0.15, -0.1) is 0 Å². The first-order valence-corrected chi connectivity index (χ1v) is 12.1. The van der Waals surface area contributed by atoms with Crippen LogP contribution in [0.3, 0.4) is 0 Å². The molecule has 0 spiro atoms. The number of aryl methyl sites for hydroxylation is 2. The molecule has 172 valence electrons. The minimum Gasteiger partial charge on any atom is -0.348 e. The lowest BCUT2D eigenvalue weighted by molar-refractivity contribution is -1.01. The third-order valence-electron chi connectivity index (χ3n) is 7.80. The molecule has 2 aliphatic rings. The van der Waals surface area contributed by atoms with Crippen molar-refractivity contribution in [2.45, 2.75) is 66.0 Å². The third kappa shape index (κ3) is 6.07. The van der Waals surface area contributed by atoms with E-state index in [4.69, 9.17) is 0 Å². The lowest BCUT2D eigenvalue weighted by Crippen LogP contribution is -3.30. The number of nitrogens with one attached hydrogen (secondary N) is 4. The van der Waals surface area contributed by atoms with Crippen molar-refractivity contribution in [3.63, 3.8) is 0 Å². The molecule has 1 heterocycles. The Morgan fingerprint density at radius 3 is 2.35 bits per heavy atom. The molecule has 1 aromatic carbocycles. The molecular formula is C25H42N4O2+2. The van der Waals surface area contributed by atoms with Crippen LogP contribution in [0.5, 0.6) is 0 Å². The Bertz CT molecular complexity index is 753. The summed E-state index contributed by atoms with van der Waals surface area (Å²) in [6.07, 6.45) is 3.59. The van der Waals surface area contributed by atoms with Crippen molar-refractivity contribution < 1.29 is 19.4 Å². The van der Waals surface area contributed by atoms with Crippen LogP contribution in [0.15, 0.2) is 18.2 Å². The van der Waals surface area contributed by atoms with Crippen LogP contribution >= 0.6 is 0 Å². The highest BCUT2D eigenvalue weighted by molar-refractivity contribution is 5.93. The molecule has 2 fully saturated rings. The van der Waals surface area contributed by atoms with Crippen molar-refractivity contribution in [3.05, 3.63) is 29.3 Å². The molecule has 6 nitrogen and oxygen atoms in total. The quantitative estimate of drug-likeness (QED) is 0.526. The minimum absolute atomic E-state index is 0.0329. The monoisotopic (exact) mass is 430 g/mol. The number of anilines is 1. The fourth-order valence-electron chi connectivity index (χ4n) is 5.24. The molecule has 0 bridgehead atoms. The smallest absolute Gasteiger partial charge is 0.279 e. The van der Waals surface area contributed by atoms with Gasteiger partial charge in [0.25, 0.3) is 11.8 Å². The largest absolute Gasteiger partial charge is 0.348 e. The van der Waals surface area contributed by atoms with Crippen molar-refractivity contribution in [2.24, 2.45) is 11.8 Å². The summed E-state index contributed by atoms with van der Waals surface area (Å²) in [6.45, 7) is 14.9. The normalized spacial score (nSPS) is 29.8. The standard InChI is InChI=1S/C25H40N4O2/c1-17-8-7-11-22(20(17)4)26-25(31)21(5)29-14-12-28(13-15-29)16-23(30)27-24-18(2)9-6-10-19(24)3/h6,9-10,17,20-22H,7-8,11-16H2,1-5H3,(H,26,31)(H,27,30)/p+2/t17-,20-,21+,22+/m0/s1. The molecule has 1 aromatic rings. The molecule has 2 amide bonds. The van der Waals surface area contributed by atoms with Crippen molar-refractivity contribution in [1.29, 1.82) is 0 Å². The van der Waals surface area contributed by atoms with E-state index in [1.165, 1.54) is 22.6 Å². The number of carbonyl (C=O) groups is 2. The van der Waals surface area contributed by atoms with Crippen LogP contribution in [0, 0.1) is 25.7 Å². The van der Waals surface area contributed by atoms with E-state index in [9.17, 15) is 9.59 Å². The Balaban J connectivity index is 1.44. The van der Waals surface area contributed by atoms with Gasteiger partial charge in [0.05, 0.1) is 0 Å². The summed E-state index contributed by atoms with van der Waals surface area (Å²) in [7, 11) is 0. The fourth-order valence-corrected chi connectivity index (χ4v) is 5.24. The molecule has 4 atom stereocenters. The van der Waals surface area contributed by atoms with E-state index < -0.39 is 0 Å². The predicted octanol–water partition coefficient (Wildman–Crippen LogP) is 0.355. The third-order valence-corrected chi connectivity index (χ3v) is 7.80. The van der Waals surface area contributed by atoms with E-state index in [-0.39, 0.29) is 17.9 Å². The Labute approximate surface area is 187 Å². The number of hydrogen-bond donors (Lipinski definition) is 4. The van der Waals surface area contributed by atoms with Crippen molar-refractivity contribution >= 4 is 17.5 Å². The summed E-state index contributed by atoms with van der Waals surface area (Å²) in [5.74, 6) is 1.50. The Morgan fingerprint density at radius 1 is 1.06 bits per heavy atom. The molecule has 0 radical (unpaired) electrons. The maximum Gasteiger partial charge on any atom is 0.279 e. The molecule has 1 saturated heterocycles. The van der Waals surface area contributed by atoms with E-state index in [0.717, 1.165) is 49.4 Å². The number of quaternary nitrogens is 2. The molecule has 1 aliphatic heterocycles. The lowest BCUT2D eigenvalue weighted by atomic mass is 9.78. The molecule has 31 heavy (non-hydrogen) atoms.